The number of nitrogens with zero attached hydrogens (tertiary/aromatic N) is 3. The smallest absolute Gasteiger partial charge is 0.242 e. The SMILES string of the molecule is COc1nc2ccccc2c2c1ncn2CC(O)CO. The average Bonchev–Trinajstić information content (AvgIpc) is 2.90. The molecule has 0 radical (unpaired) electrons. The van der Waals surface area contributed by atoms with Crippen LogP contribution in [0.2, 0.25) is 0 Å². The molecular formula is C14H15N3O3. The molecule has 0 amide bonds. The van der Waals surface area contributed by atoms with Gasteiger partial charge in [0.25, 0.3) is 0 Å². The maximum atomic E-state index is 9.64. The van der Waals surface area contributed by atoms with Crippen LogP contribution in [0.1, 0.15) is 0 Å². The topological polar surface area (TPSA) is 80.4 Å². The van der Waals surface area contributed by atoms with Crippen LogP contribution in [0, 0.1) is 0 Å². The number of fused-ring (bicyclic) bond motifs is 3. The fourth-order valence-corrected chi connectivity index (χ4v) is 2.32. The molecule has 2 N–H and O–H groups in total. The number of methoxy groups -OCH3 is 1. The molecule has 0 aliphatic carbocycles. The van der Waals surface area contributed by atoms with Crippen LogP contribution < -0.4 is 4.74 Å². The van der Waals surface area contributed by atoms with Crippen molar-refractivity contribution >= 4 is 21.9 Å². The van der Waals surface area contributed by atoms with Gasteiger partial charge in [0.05, 0.1) is 43.7 Å². The van der Waals surface area contributed by atoms with E-state index < -0.39 is 6.10 Å². The second kappa shape index (κ2) is 5.07. The highest BCUT2D eigenvalue weighted by atomic mass is 16.5. The molecule has 1 unspecified atom stereocenters. The van der Waals surface area contributed by atoms with Crippen LogP contribution in [-0.2, 0) is 6.54 Å². The molecule has 1 atom stereocenters. The van der Waals surface area contributed by atoms with Crippen molar-refractivity contribution in [2.75, 3.05) is 13.7 Å². The van der Waals surface area contributed by atoms with Gasteiger partial charge < -0.3 is 19.5 Å². The van der Waals surface area contributed by atoms with E-state index in [2.05, 4.69) is 9.97 Å². The molecule has 0 bridgehead atoms. The first-order valence-corrected chi connectivity index (χ1v) is 6.31. The molecule has 0 aliphatic heterocycles. The van der Waals surface area contributed by atoms with Crippen molar-refractivity contribution in [1.82, 2.24) is 14.5 Å². The molecule has 1 aromatic carbocycles. The van der Waals surface area contributed by atoms with E-state index in [1.807, 2.05) is 28.8 Å². The molecule has 0 aliphatic rings. The van der Waals surface area contributed by atoms with Crippen molar-refractivity contribution in [2.45, 2.75) is 12.6 Å². The number of hydrogen-bond donors (Lipinski definition) is 2. The van der Waals surface area contributed by atoms with Crippen LogP contribution in [-0.4, -0.2) is 44.6 Å². The van der Waals surface area contributed by atoms with Gasteiger partial charge in [0, 0.05) is 5.39 Å². The van der Waals surface area contributed by atoms with E-state index in [9.17, 15) is 5.11 Å². The van der Waals surface area contributed by atoms with E-state index in [-0.39, 0.29) is 13.2 Å². The van der Waals surface area contributed by atoms with Gasteiger partial charge >= 0.3 is 0 Å². The summed E-state index contributed by atoms with van der Waals surface area (Å²) in [6, 6.07) is 7.68. The molecule has 20 heavy (non-hydrogen) atoms. The van der Waals surface area contributed by atoms with E-state index in [0.29, 0.717) is 11.4 Å². The van der Waals surface area contributed by atoms with Gasteiger partial charge in [-0.1, -0.05) is 18.2 Å². The third-order valence-corrected chi connectivity index (χ3v) is 3.23. The summed E-state index contributed by atoms with van der Waals surface area (Å²) in [4.78, 5) is 8.73. The number of benzene rings is 1. The number of para-hydroxylation sites is 1. The summed E-state index contributed by atoms with van der Waals surface area (Å²) in [7, 11) is 1.55. The lowest BCUT2D eigenvalue weighted by Crippen LogP contribution is -2.19. The third kappa shape index (κ3) is 1.99. The van der Waals surface area contributed by atoms with Crippen LogP contribution in [0.3, 0.4) is 0 Å². The van der Waals surface area contributed by atoms with Crippen molar-refractivity contribution in [3.05, 3.63) is 30.6 Å². The Morgan fingerprint density at radius 1 is 1.35 bits per heavy atom. The largest absolute Gasteiger partial charge is 0.479 e. The fourth-order valence-electron chi connectivity index (χ4n) is 2.32. The first kappa shape index (κ1) is 12.8. The highest BCUT2D eigenvalue weighted by Gasteiger charge is 2.15. The summed E-state index contributed by atoms with van der Waals surface area (Å²) in [5, 5.41) is 19.6. The lowest BCUT2D eigenvalue weighted by atomic mass is 10.2. The van der Waals surface area contributed by atoms with E-state index in [0.717, 1.165) is 16.4 Å². The van der Waals surface area contributed by atoms with Crippen molar-refractivity contribution in [1.29, 1.82) is 0 Å². The number of rotatable bonds is 4. The monoisotopic (exact) mass is 273 g/mol. The van der Waals surface area contributed by atoms with Gasteiger partial charge in [0.2, 0.25) is 5.88 Å². The second-order valence-corrected chi connectivity index (χ2v) is 4.57. The predicted molar refractivity (Wildman–Crippen MR) is 74.7 cm³/mol. The molecule has 104 valence electrons. The minimum Gasteiger partial charge on any atom is -0.479 e. The van der Waals surface area contributed by atoms with Gasteiger partial charge in [0.15, 0.2) is 5.52 Å². The number of ether oxygens (including phenoxy) is 1. The summed E-state index contributed by atoms with van der Waals surface area (Å²) in [5.41, 5.74) is 2.30. The first-order chi connectivity index (χ1) is 9.74. The number of imidazole rings is 1. The lowest BCUT2D eigenvalue weighted by molar-refractivity contribution is 0.0821. The third-order valence-electron chi connectivity index (χ3n) is 3.23. The van der Waals surface area contributed by atoms with Crippen molar-refractivity contribution < 1.29 is 14.9 Å². The number of hydrogen-bond acceptors (Lipinski definition) is 5. The molecule has 0 fully saturated rings. The Morgan fingerprint density at radius 2 is 2.15 bits per heavy atom. The maximum absolute atomic E-state index is 9.64. The first-order valence-electron chi connectivity index (χ1n) is 6.31. The predicted octanol–water partition coefficient (Wildman–Crippen LogP) is 0.946. The minimum atomic E-state index is -0.828. The summed E-state index contributed by atoms with van der Waals surface area (Å²) in [6.07, 6.45) is 0.797. The number of pyridine rings is 1. The Balaban J connectivity index is 2.30. The molecule has 2 heterocycles. The van der Waals surface area contributed by atoms with Gasteiger partial charge in [-0.25, -0.2) is 9.97 Å². The molecule has 6 heteroatoms. The van der Waals surface area contributed by atoms with Crippen molar-refractivity contribution in [2.24, 2.45) is 0 Å². The highest BCUT2D eigenvalue weighted by Crippen LogP contribution is 2.29. The number of aromatic nitrogens is 3. The quantitative estimate of drug-likeness (QED) is 0.739. The van der Waals surface area contributed by atoms with Gasteiger partial charge in [0.1, 0.15) is 0 Å². The molecule has 0 spiro atoms. The summed E-state index contributed by atoms with van der Waals surface area (Å²) in [6.45, 7) is -0.0238. The zero-order valence-electron chi connectivity index (χ0n) is 11.0. The molecule has 0 saturated heterocycles. The Bertz CT molecular complexity index is 754. The molecule has 3 aromatic rings. The Hall–Kier alpha value is -2.18. The second-order valence-electron chi connectivity index (χ2n) is 4.57. The molecule has 0 saturated carbocycles. The maximum Gasteiger partial charge on any atom is 0.242 e. The number of aliphatic hydroxyl groups is 2. The van der Waals surface area contributed by atoms with Crippen molar-refractivity contribution in [3.63, 3.8) is 0 Å². The van der Waals surface area contributed by atoms with Crippen LogP contribution in [0.4, 0.5) is 0 Å². The Kier molecular flexibility index (Phi) is 3.25. The normalized spacial score (nSPS) is 12.9. The molecular weight excluding hydrogens is 258 g/mol. The van der Waals surface area contributed by atoms with Gasteiger partial charge in [-0.3, -0.25) is 0 Å². The Morgan fingerprint density at radius 3 is 2.90 bits per heavy atom. The van der Waals surface area contributed by atoms with Crippen LogP contribution in [0.15, 0.2) is 30.6 Å². The molecule has 6 nitrogen and oxygen atoms in total. The summed E-state index contributed by atoms with van der Waals surface area (Å²) >= 11 is 0. The fraction of sp³-hybridized carbons (Fsp3) is 0.286. The zero-order valence-corrected chi connectivity index (χ0v) is 11.0. The summed E-state index contributed by atoms with van der Waals surface area (Å²) in [5.74, 6) is 0.455. The number of aliphatic hydroxyl groups excluding tert-OH is 2. The molecule has 3 rings (SSSR count). The van der Waals surface area contributed by atoms with Gasteiger partial charge in [-0.2, -0.15) is 0 Å². The van der Waals surface area contributed by atoms with Crippen LogP contribution in [0.5, 0.6) is 5.88 Å². The minimum absolute atomic E-state index is 0.268. The van der Waals surface area contributed by atoms with E-state index in [1.165, 1.54) is 0 Å². The average molecular weight is 273 g/mol. The van der Waals surface area contributed by atoms with E-state index >= 15 is 0 Å². The lowest BCUT2D eigenvalue weighted by Gasteiger charge is -2.11. The van der Waals surface area contributed by atoms with Gasteiger partial charge in [-0.15, -0.1) is 0 Å². The van der Waals surface area contributed by atoms with Crippen molar-refractivity contribution in [3.8, 4) is 5.88 Å². The van der Waals surface area contributed by atoms with Gasteiger partial charge in [-0.05, 0) is 6.07 Å². The highest BCUT2D eigenvalue weighted by molar-refractivity contribution is 6.04. The molecule has 2 aromatic heterocycles. The Labute approximate surface area is 115 Å². The zero-order chi connectivity index (χ0) is 14.1. The van der Waals surface area contributed by atoms with E-state index in [1.54, 1.807) is 13.4 Å². The standard InChI is InChI=1S/C14H15N3O3/c1-20-14-12-13(10-4-2-3-5-11(10)16-14)17(8-15-12)6-9(19)7-18/h2-5,8-9,18-19H,6-7H2,1H3. The van der Waals surface area contributed by atoms with Crippen LogP contribution >= 0.6 is 0 Å². The van der Waals surface area contributed by atoms with E-state index in [4.69, 9.17) is 9.84 Å². The summed E-state index contributed by atoms with van der Waals surface area (Å²) < 4.78 is 7.09. The van der Waals surface area contributed by atoms with Crippen LogP contribution in [0.25, 0.3) is 21.9 Å².